The molecular weight excluding hydrogens is 579 g/mol. The van der Waals surface area contributed by atoms with Crippen molar-refractivity contribution >= 4 is 34.8 Å². The summed E-state index contributed by atoms with van der Waals surface area (Å²) in [4.78, 5) is 0. The molecule has 3 aromatic carbocycles. The molecule has 7 nitrogen and oxygen atoms in total. The number of benzene rings is 3. The van der Waals surface area contributed by atoms with Crippen LogP contribution in [0.1, 0.15) is 23.6 Å². The molecule has 0 aliphatic carbocycles. The molecule has 40 heavy (non-hydrogen) atoms. The molecule has 2 aliphatic heterocycles. The molecular formula is C30H31Cl3O7. The second-order valence-electron chi connectivity index (χ2n) is 9.76. The molecule has 2 fully saturated rings. The molecule has 2 saturated heterocycles. The average Bonchev–Trinajstić information content (AvgIpc) is 3.30. The minimum Gasteiger partial charge on any atom is -0.374 e. The van der Waals surface area contributed by atoms with Gasteiger partial charge in [0.2, 0.25) is 0 Å². The number of halogens is 3. The van der Waals surface area contributed by atoms with E-state index < -0.39 is 36.7 Å². The summed E-state index contributed by atoms with van der Waals surface area (Å²) in [5.41, 5.74) is 2.89. The van der Waals surface area contributed by atoms with E-state index in [-0.39, 0.29) is 6.61 Å². The third-order valence-electron chi connectivity index (χ3n) is 6.82. The topological polar surface area (TPSA) is 64.6 Å². The number of rotatable bonds is 11. The Bertz CT molecular complexity index is 1230. The average molecular weight is 610 g/mol. The highest BCUT2D eigenvalue weighted by Gasteiger charge is 2.57. The van der Waals surface area contributed by atoms with E-state index in [0.29, 0.717) is 34.9 Å². The van der Waals surface area contributed by atoms with Gasteiger partial charge in [-0.05, 0) is 53.1 Å². The summed E-state index contributed by atoms with van der Waals surface area (Å²) in [5.74, 6) is -1.29. The maximum absolute atomic E-state index is 6.49. The normalized spacial score (nSPS) is 28.0. The van der Waals surface area contributed by atoms with Crippen LogP contribution in [0.2, 0.25) is 15.1 Å². The maximum atomic E-state index is 6.49. The van der Waals surface area contributed by atoms with Gasteiger partial charge in [-0.25, -0.2) is 0 Å². The quantitative estimate of drug-likeness (QED) is 0.237. The number of hydrogen-bond acceptors (Lipinski definition) is 7. The van der Waals surface area contributed by atoms with E-state index in [9.17, 15) is 0 Å². The molecule has 2 heterocycles. The van der Waals surface area contributed by atoms with Crippen molar-refractivity contribution < 1.29 is 33.2 Å². The smallest absolute Gasteiger partial charge is 0.282 e. The van der Waals surface area contributed by atoms with E-state index in [0.717, 1.165) is 16.7 Å². The Hall–Kier alpha value is -1.75. The second-order valence-corrected chi connectivity index (χ2v) is 11.1. The van der Waals surface area contributed by atoms with E-state index in [1.807, 2.05) is 72.8 Å². The number of hydrogen-bond donors (Lipinski definition) is 0. The summed E-state index contributed by atoms with van der Waals surface area (Å²) in [6.45, 7) is 2.90. The first-order valence-corrected chi connectivity index (χ1v) is 14.1. The highest BCUT2D eigenvalue weighted by Crippen LogP contribution is 2.39. The lowest BCUT2D eigenvalue weighted by molar-refractivity contribution is -0.334. The van der Waals surface area contributed by atoms with Crippen molar-refractivity contribution in [3.05, 3.63) is 105 Å². The zero-order valence-electron chi connectivity index (χ0n) is 22.1. The molecule has 0 spiro atoms. The summed E-state index contributed by atoms with van der Waals surface area (Å²) < 4.78 is 43.1. The lowest BCUT2D eigenvalue weighted by Gasteiger charge is -2.42. The van der Waals surface area contributed by atoms with Crippen LogP contribution in [0.3, 0.4) is 0 Å². The molecule has 0 amide bonds. The summed E-state index contributed by atoms with van der Waals surface area (Å²) in [6, 6.07) is 22.5. The van der Waals surface area contributed by atoms with Crippen molar-refractivity contribution in [2.75, 3.05) is 13.7 Å². The highest BCUT2D eigenvalue weighted by molar-refractivity contribution is 6.31. The van der Waals surface area contributed by atoms with Gasteiger partial charge in [0.25, 0.3) is 5.97 Å². The van der Waals surface area contributed by atoms with E-state index in [4.69, 9.17) is 68.0 Å². The second kappa shape index (κ2) is 13.5. The van der Waals surface area contributed by atoms with Crippen LogP contribution in [-0.2, 0) is 53.0 Å². The fourth-order valence-electron chi connectivity index (χ4n) is 4.63. The van der Waals surface area contributed by atoms with Gasteiger partial charge in [-0.2, -0.15) is 0 Å². The largest absolute Gasteiger partial charge is 0.374 e. The van der Waals surface area contributed by atoms with Gasteiger partial charge < -0.3 is 28.4 Å². The Morgan fingerprint density at radius 1 is 0.675 bits per heavy atom. The Morgan fingerprint density at radius 2 is 1.15 bits per heavy atom. The molecule has 0 bridgehead atoms. The van der Waals surface area contributed by atoms with Gasteiger partial charge in [-0.3, -0.25) is 4.74 Å². The van der Waals surface area contributed by atoms with E-state index in [1.165, 1.54) is 7.11 Å². The van der Waals surface area contributed by atoms with Crippen LogP contribution in [0.25, 0.3) is 0 Å². The van der Waals surface area contributed by atoms with Gasteiger partial charge in [0.1, 0.15) is 24.4 Å². The Kier molecular flexibility index (Phi) is 10.0. The van der Waals surface area contributed by atoms with E-state index >= 15 is 0 Å². The Morgan fingerprint density at radius 3 is 1.65 bits per heavy atom. The SMILES string of the molecule is CO[C@]1(C)O[C@@H]2O[C@H](COCc3ccc(Cl)cc3)[C@H](OCc3ccc(Cl)cc3)[C@H](OCc3ccc(Cl)cc3)[C@@H]2O1. The molecule has 214 valence electrons. The third-order valence-corrected chi connectivity index (χ3v) is 7.57. The standard InChI is InChI=1S/C30H31Cl3O7/c1-30(34-2)39-28-27(37-17-21-7-13-24(33)14-8-21)26(36-16-20-5-11-23(32)12-6-20)25(38-29(28)40-30)18-35-15-19-3-9-22(31)10-4-19/h3-14,25-29H,15-18H2,1-2H3/t25-,26+,27+,28+,29+,30+/m1/s1. The predicted octanol–water partition coefficient (Wildman–Crippen LogP) is 6.79. The number of methoxy groups -OCH3 is 1. The summed E-state index contributed by atoms with van der Waals surface area (Å²) in [5, 5.41) is 1.97. The molecule has 0 radical (unpaired) electrons. The van der Waals surface area contributed by atoms with Crippen molar-refractivity contribution in [1.29, 1.82) is 0 Å². The first-order valence-electron chi connectivity index (χ1n) is 12.9. The predicted molar refractivity (Wildman–Crippen MR) is 151 cm³/mol. The molecule has 10 heteroatoms. The first kappa shape index (κ1) is 29.7. The van der Waals surface area contributed by atoms with Gasteiger partial charge in [0.15, 0.2) is 6.29 Å². The number of fused-ring (bicyclic) bond motifs is 1. The molecule has 0 saturated carbocycles. The van der Waals surface area contributed by atoms with Gasteiger partial charge >= 0.3 is 0 Å². The van der Waals surface area contributed by atoms with Crippen LogP contribution in [0, 0.1) is 0 Å². The van der Waals surface area contributed by atoms with Crippen molar-refractivity contribution in [3.8, 4) is 0 Å². The minimum atomic E-state index is -1.29. The van der Waals surface area contributed by atoms with Crippen molar-refractivity contribution in [3.63, 3.8) is 0 Å². The Balaban J connectivity index is 1.37. The van der Waals surface area contributed by atoms with Crippen molar-refractivity contribution in [2.45, 2.75) is 63.4 Å². The van der Waals surface area contributed by atoms with Gasteiger partial charge in [-0.1, -0.05) is 71.2 Å². The molecule has 6 atom stereocenters. The van der Waals surface area contributed by atoms with Crippen molar-refractivity contribution in [1.82, 2.24) is 0 Å². The molecule has 2 aliphatic rings. The summed E-state index contributed by atoms with van der Waals surface area (Å²) in [6.07, 6.45) is -3.02. The molecule has 3 aromatic rings. The number of ether oxygens (including phenoxy) is 7. The fraction of sp³-hybridized carbons (Fsp3) is 0.400. The maximum Gasteiger partial charge on any atom is 0.282 e. The van der Waals surface area contributed by atoms with Crippen LogP contribution in [0.5, 0.6) is 0 Å². The molecule has 0 unspecified atom stereocenters. The summed E-state index contributed by atoms with van der Waals surface area (Å²) >= 11 is 18.2. The molecule has 0 N–H and O–H groups in total. The van der Waals surface area contributed by atoms with Crippen molar-refractivity contribution in [2.24, 2.45) is 0 Å². The van der Waals surface area contributed by atoms with Crippen LogP contribution in [0.4, 0.5) is 0 Å². The monoisotopic (exact) mass is 608 g/mol. The molecule has 5 rings (SSSR count). The zero-order chi connectivity index (χ0) is 28.1. The van der Waals surface area contributed by atoms with Crippen LogP contribution >= 0.6 is 34.8 Å². The Labute approximate surface area is 249 Å². The highest BCUT2D eigenvalue weighted by atomic mass is 35.5. The van der Waals surface area contributed by atoms with Crippen LogP contribution in [0.15, 0.2) is 72.8 Å². The minimum absolute atomic E-state index is 0.227. The van der Waals surface area contributed by atoms with Crippen LogP contribution in [-0.4, -0.2) is 50.4 Å². The summed E-state index contributed by atoms with van der Waals surface area (Å²) in [7, 11) is 1.52. The first-order chi connectivity index (χ1) is 19.3. The zero-order valence-corrected chi connectivity index (χ0v) is 24.4. The van der Waals surface area contributed by atoms with Gasteiger partial charge in [0.05, 0.1) is 26.4 Å². The van der Waals surface area contributed by atoms with Gasteiger partial charge in [-0.15, -0.1) is 0 Å². The fourth-order valence-corrected chi connectivity index (χ4v) is 5.00. The van der Waals surface area contributed by atoms with E-state index in [2.05, 4.69) is 0 Å². The van der Waals surface area contributed by atoms with E-state index in [1.54, 1.807) is 6.92 Å². The lowest BCUT2D eigenvalue weighted by Crippen LogP contribution is -2.59. The van der Waals surface area contributed by atoms with Gasteiger partial charge in [0, 0.05) is 29.1 Å². The van der Waals surface area contributed by atoms with Crippen LogP contribution < -0.4 is 0 Å². The third kappa shape index (κ3) is 7.55. The lowest BCUT2D eigenvalue weighted by atomic mass is 9.98. The molecule has 0 aromatic heterocycles.